The van der Waals surface area contributed by atoms with Crippen molar-refractivity contribution in [2.75, 3.05) is 5.32 Å². The Hall–Kier alpha value is -0.810. The summed E-state index contributed by atoms with van der Waals surface area (Å²) in [6.45, 7) is 0.712. The zero-order valence-corrected chi connectivity index (χ0v) is 11.0. The van der Waals surface area contributed by atoms with Crippen LogP contribution in [0.4, 0.5) is 5.69 Å². The van der Waals surface area contributed by atoms with Crippen LogP contribution in [0.25, 0.3) is 0 Å². The quantitative estimate of drug-likeness (QED) is 0.903. The molecular formula is C10H9Br2N3. The van der Waals surface area contributed by atoms with E-state index in [9.17, 15) is 0 Å². The number of aromatic nitrogens is 2. The minimum Gasteiger partial charge on any atom is -0.378 e. The Morgan fingerprint density at radius 2 is 2.20 bits per heavy atom. The number of H-pyrrole nitrogens is 1. The fourth-order valence-corrected chi connectivity index (χ4v) is 2.39. The number of rotatable bonds is 3. The van der Waals surface area contributed by atoms with Gasteiger partial charge in [0.1, 0.15) is 0 Å². The van der Waals surface area contributed by atoms with E-state index < -0.39 is 0 Å². The zero-order valence-electron chi connectivity index (χ0n) is 7.80. The molecule has 0 aliphatic heterocycles. The molecule has 2 rings (SSSR count). The highest BCUT2D eigenvalue weighted by atomic mass is 79.9. The lowest BCUT2D eigenvalue weighted by Crippen LogP contribution is -1.99. The monoisotopic (exact) mass is 329 g/mol. The van der Waals surface area contributed by atoms with E-state index >= 15 is 0 Å². The second kappa shape index (κ2) is 4.81. The van der Waals surface area contributed by atoms with Gasteiger partial charge in [0.15, 0.2) is 0 Å². The molecule has 0 saturated carbocycles. The van der Waals surface area contributed by atoms with E-state index in [4.69, 9.17) is 0 Å². The van der Waals surface area contributed by atoms with Crippen molar-refractivity contribution in [3.63, 3.8) is 0 Å². The van der Waals surface area contributed by atoms with Crippen LogP contribution in [0, 0.1) is 0 Å². The van der Waals surface area contributed by atoms with Gasteiger partial charge in [-0.05, 0) is 34.1 Å². The van der Waals surface area contributed by atoms with Gasteiger partial charge in [-0.3, -0.25) is 0 Å². The highest BCUT2D eigenvalue weighted by Gasteiger charge is 2.00. The van der Waals surface area contributed by atoms with Gasteiger partial charge in [0.25, 0.3) is 0 Å². The van der Waals surface area contributed by atoms with Crippen LogP contribution in [0.2, 0.25) is 0 Å². The van der Waals surface area contributed by atoms with Crippen molar-refractivity contribution >= 4 is 37.5 Å². The van der Waals surface area contributed by atoms with E-state index in [-0.39, 0.29) is 0 Å². The lowest BCUT2D eigenvalue weighted by Gasteiger charge is -2.06. The highest BCUT2D eigenvalue weighted by molar-refractivity contribution is 9.11. The molecule has 0 fully saturated rings. The van der Waals surface area contributed by atoms with Crippen molar-refractivity contribution < 1.29 is 0 Å². The molecule has 2 aromatic rings. The summed E-state index contributed by atoms with van der Waals surface area (Å²) in [7, 11) is 0. The number of benzene rings is 1. The molecule has 1 heterocycles. The second-order valence-corrected chi connectivity index (χ2v) is 4.81. The van der Waals surface area contributed by atoms with Crippen molar-refractivity contribution in [1.29, 1.82) is 0 Å². The fourth-order valence-electron chi connectivity index (χ4n) is 1.21. The van der Waals surface area contributed by atoms with Gasteiger partial charge in [-0.1, -0.05) is 15.9 Å². The Morgan fingerprint density at radius 3 is 2.87 bits per heavy atom. The van der Waals surface area contributed by atoms with Gasteiger partial charge in [0.05, 0.1) is 18.6 Å². The third kappa shape index (κ3) is 2.82. The van der Waals surface area contributed by atoms with Crippen molar-refractivity contribution in [1.82, 2.24) is 9.97 Å². The molecule has 78 valence electrons. The van der Waals surface area contributed by atoms with E-state index in [2.05, 4.69) is 47.1 Å². The maximum atomic E-state index is 4.14. The number of imidazole rings is 1. The summed E-state index contributed by atoms with van der Waals surface area (Å²) in [4.78, 5) is 7.06. The molecule has 0 radical (unpaired) electrons. The Morgan fingerprint density at radius 1 is 1.33 bits per heavy atom. The van der Waals surface area contributed by atoms with E-state index in [1.54, 1.807) is 6.33 Å². The van der Waals surface area contributed by atoms with Crippen LogP contribution in [-0.2, 0) is 6.54 Å². The van der Waals surface area contributed by atoms with Gasteiger partial charge < -0.3 is 10.3 Å². The number of anilines is 1. The molecule has 0 bridgehead atoms. The third-order valence-electron chi connectivity index (χ3n) is 1.95. The molecule has 2 N–H and O–H groups in total. The minimum atomic E-state index is 0.712. The zero-order chi connectivity index (χ0) is 10.7. The first-order valence-electron chi connectivity index (χ1n) is 4.42. The van der Waals surface area contributed by atoms with Gasteiger partial charge in [-0.25, -0.2) is 4.98 Å². The molecule has 1 aromatic carbocycles. The first-order chi connectivity index (χ1) is 7.25. The lowest BCUT2D eigenvalue weighted by molar-refractivity contribution is 1.07. The molecule has 3 nitrogen and oxygen atoms in total. The van der Waals surface area contributed by atoms with Crippen LogP contribution >= 0.6 is 31.9 Å². The van der Waals surface area contributed by atoms with E-state index in [1.807, 2.05) is 24.4 Å². The topological polar surface area (TPSA) is 40.7 Å². The largest absolute Gasteiger partial charge is 0.378 e. The predicted octanol–water partition coefficient (Wildman–Crippen LogP) is 3.55. The summed E-state index contributed by atoms with van der Waals surface area (Å²) in [6.07, 6.45) is 3.55. The van der Waals surface area contributed by atoms with Gasteiger partial charge >= 0.3 is 0 Å². The normalized spacial score (nSPS) is 10.3. The number of halogens is 2. The van der Waals surface area contributed by atoms with Crippen molar-refractivity contribution in [3.8, 4) is 0 Å². The van der Waals surface area contributed by atoms with E-state index in [1.165, 1.54) is 0 Å². The molecule has 1 aromatic heterocycles. The average Bonchev–Trinajstić information content (AvgIpc) is 2.69. The third-order valence-corrected chi connectivity index (χ3v) is 3.10. The lowest BCUT2D eigenvalue weighted by atomic mass is 10.3. The molecule has 0 amide bonds. The summed E-state index contributed by atoms with van der Waals surface area (Å²) in [6, 6.07) is 6.02. The fraction of sp³-hybridized carbons (Fsp3) is 0.100. The van der Waals surface area contributed by atoms with Gasteiger partial charge in [0.2, 0.25) is 0 Å². The summed E-state index contributed by atoms with van der Waals surface area (Å²) in [5, 5.41) is 3.29. The molecule has 0 aliphatic carbocycles. The molecule has 0 unspecified atom stereocenters. The summed E-state index contributed by atoms with van der Waals surface area (Å²) in [5.41, 5.74) is 2.05. The standard InChI is InChI=1S/C10H9Br2N3/c11-7-1-2-10(9(12)3-7)14-5-8-4-13-6-15-8/h1-4,6,14H,5H2,(H,13,15). The number of hydrogen-bond acceptors (Lipinski definition) is 2. The first-order valence-corrected chi connectivity index (χ1v) is 6.01. The Labute approximate surface area is 105 Å². The Kier molecular flexibility index (Phi) is 3.43. The van der Waals surface area contributed by atoms with Gasteiger partial charge in [0, 0.05) is 20.8 Å². The molecule has 0 aliphatic rings. The number of hydrogen-bond donors (Lipinski definition) is 2. The minimum absolute atomic E-state index is 0.712. The SMILES string of the molecule is Brc1ccc(NCc2c[nH]cn2)c(Br)c1. The molecule has 15 heavy (non-hydrogen) atoms. The Bertz CT molecular complexity index is 440. The van der Waals surface area contributed by atoms with Crippen LogP contribution in [0.5, 0.6) is 0 Å². The molecule has 5 heteroatoms. The van der Waals surface area contributed by atoms with Crippen LogP contribution in [-0.4, -0.2) is 9.97 Å². The van der Waals surface area contributed by atoms with Crippen molar-refractivity contribution in [3.05, 3.63) is 45.4 Å². The first kappa shape index (κ1) is 10.7. The van der Waals surface area contributed by atoms with E-state index in [0.29, 0.717) is 6.54 Å². The number of nitrogens with one attached hydrogen (secondary N) is 2. The second-order valence-electron chi connectivity index (χ2n) is 3.04. The smallest absolute Gasteiger partial charge is 0.0923 e. The van der Waals surface area contributed by atoms with Gasteiger partial charge in [-0.15, -0.1) is 0 Å². The van der Waals surface area contributed by atoms with Crippen LogP contribution in [0.15, 0.2) is 39.7 Å². The van der Waals surface area contributed by atoms with Crippen LogP contribution in [0.3, 0.4) is 0 Å². The molecule has 0 spiro atoms. The van der Waals surface area contributed by atoms with Crippen molar-refractivity contribution in [2.45, 2.75) is 6.54 Å². The summed E-state index contributed by atoms with van der Waals surface area (Å²) < 4.78 is 2.09. The molecule has 0 saturated heterocycles. The average molecular weight is 331 g/mol. The highest BCUT2D eigenvalue weighted by Crippen LogP contribution is 2.26. The maximum Gasteiger partial charge on any atom is 0.0923 e. The number of nitrogens with zero attached hydrogens (tertiary/aromatic N) is 1. The Balaban J connectivity index is 2.05. The molecular weight excluding hydrogens is 322 g/mol. The van der Waals surface area contributed by atoms with Crippen LogP contribution in [0.1, 0.15) is 5.69 Å². The maximum absolute atomic E-state index is 4.14. The molecule has 0 atom stereocenters. The van der Waals surface area contributed by atoms with Gasteiger partial charge in [-0.2, -0.15) is 0 Å². The van der Waals surface area contributed by atoms with Crippen LogP contribution < -0.4 is 5.32 Å². The summed E-state index contributed by atoms with van der Waals surface area (Å²) >= 11 is 6.90. The number of aromatic amines is 1. The predicted molar refractivity (Wildman–Crippen MR) is 67.8 cm³/mol. The summed E-state index contributed by atoms with van der Waals surface area (Å²) in [5.74, 6) is 0. The van der Waals surface area contributed by atoms with E-state index in [0.717, 1.165) is 20.3 Å². The van der Waals surface area contributed by atoms with Crippen molar-refractivity contribution in [2.24, 2.45) is 0 Å².